The summed E-state index contributed by atoms with van der Waals surface area (Å²) in [5.41, 5.74) is -0.608. The predicted molar refractivity (Wildman–Crippen MR) is 104 cm³/mol. The molecule has 2 aliphatic heterocycles. The molecule has 27 heavy (non-hydrogen) atoms. The number of piperidine rings is 1. The zero-order valence-electron chi connectivity index (χ0n) is 17.6. The molecule has 2 saturated heterocycles. The Balaban J connectivity index is 1.67. The Morgan fingerprint density at radius 3 is 2.41 bits per heavy atom. The van der Waals surface area contributed by atoms with E-state index in [1.165, 1.54) is 0 Å². The lowest BCUT2D eigenvalue weighted by atomic mass is 9.86. The SMILES string of the molecule is CC(C)(C)OC(=O)N1CCCC(c2ccc(B3OC(C)(C)C(C)(C)O3)o2)C1. The molecule has 6 nitrogen and oxygen atoms in total. The van der Waals surface area contributed by atoms with Crippen molar-refractivity contribution in [1.82, 2.24) is 4.90 Å². The van der Waals surface area contributed by atoms with E-state index in [1.54, 1.807) is 4.90 Å². The number of carbonyl (C=O) groups is 1. The molecular formula is C20H32BNO5. The highest BCUT2D eigenvalue weighted by atomic mass is 16.7. The first-order chi connectivity index (χ1) is 12.4. The summed E-state index contributed by atoms with van der Waals surface area (Å²) in [5, 5.41) is 0. The van der Waals surface area contributed by atoms with Crippen molar-refractivity contribution in [3.63, 3.8) is 0 Å². The predicted octanol–water partition coefficient (Wildman–Crippen LogP) is 3.69. The van der Waals surface area contributed by atoms with Gasteiger partial charge in [0.05, 0.1) is 11.2 Å². The number of rotatable bonds is 2. The standard InChI is InChI=1S/C20H32BNO5/c1-18(2,3)25-17(23)22-12-8-9-14(13-22)15-10-11-16(24-15)21-26-19(4,5)20(6,7)27-21/h10-11,14H,8-9,12-13H2,1-7H3. The van der Waals surface area contributed by atoms with E-state index in [0.29, 0.717) is 12.2 Å². The van der Waals surface area contributed by atoms with Crippen LogP contribution in [0.15, 0.2) is 16.5 Å². The monoisotopic (exact) mass is 377 g/mol. The largest absolute Gasteiger partial charge is 0.532 e. The molecule has 0 radical (unpaired) electrons. The van der Waals surface area contributed by atoms with Crippen LogP contribution in [-0.2, 0) is 14.0 Å². The average Bonchev–Trinajstić information content (AvgIpc) is 3.09. The molecule has 1 atom stereocenters. The molecule has 0 bridgehead atoms. The van der Waals surface area contributed by atoms with E-state index in [-0.39, 0.29) is 12.0 Å². The summed E-state index contributed by atoms with van der Waals surface area (Å²) in [7, 11) is -0.505. The van der Waals surface area contributed by atoms with Crippen molar-refractivity contribution < 1.29 is 23.3 Å². The van der Waals surface area contributed by atoms with E-state index >= 15 is 0 Å². The molecule has 0 N–H and O–H groups in total. The van der Waals surface area contributed by atoms with Gasteiger partial charge in [0.1, 0.15) is 17.0 Å². The van der Waals surface area contributed by atoms with Gasteiger partial charge >= 0.3 is 13.2 Å². The molecule has 1 amide bonds. The number of carbonyl (C=O) groups excluding carboxylic acids is 1. The van der Waals surface area contributed by atoms with E-state index in [9.17, 15) is 4.79 Å². The molecule has 7 heteroatoms. The lowest BCUT2D eigenvalue weighted by molar-refractivity contribution is 0.00578. The number of likely N-dealkylation sites (tertiary alicyclic amines) is 1. The van der Waals surface area contributed by atoms with E-state index < -0.39 is 23.9 Å². The van der Waals surface area contributed by atoms with Crippen molar-refractivity contribution >= 4 is 18.9 Å². The van der Waals surface area contributed by atoms with Gasteiger partial charge in [0.2, 0.25) is 0 Å². The first kappa shape index (κ1) is 20.3. The minimum atomic E-state index is -0.505. The Labute approximate surface area is 162 Å². The summed E-state index contributed by atoms with van der Waals surface area (Å²) in [6, 6.07) is 3.90. The van der Waals surface area contributed by atoms with Crippen molar-refractivity contribution in [2.45, 2.75) is 84.0 Å². The number of nitrogens with zero attached hydrogens (tertiary/aromatic N) is 1. The first-order valence-electron chi connectivity index (χ1n) is 9.81. The molecule has 0 aliphatic carbocycles. The molecule has 1 aromatic heterocycles. The molecule has 0 aromatic carbocycles. The molecule has 3 rings (SSSR count). The second kappa shape index (κ2) is 6.85. The summed E-state index contributed by atoms with van der Waals surface area (Å²) in [6.45, 7) is 15.1. The highest BCUT2D eigenvalue weighted by molar-refractivity contribution is 6.60. The van der Waals surface area contributed by atoms with Crippen LogP contribution in [0.3, 0.4) is 0 Å². The number of hydrogen-bond donors (Lipinski definition) is 0. The Morgan fingerprint density at radius 1 is 1.19 bits per heavy atom. The Morgan fingerprint density at radius 2 is 1.81 bits per heavy atom. The van der Waals surface area contributed by atoms with Gasteiger partial charge in [-0.15, -0.1) is 0 Å². The van der Waals surface area contributed by atoms with Crippen molar-refractivity contribution in [2.24, 2.45) is 0 Å². The maximum Gasteiger partial charge on any atom is 0.532 e. The smallest absolute Gasteiger partial charge is 0.469 e. The highest BCUT2D eigenvalue weighted by Crippen LogP contribution is 2.37. The molecule has 0 saturated carbocycles. The van der Waals surface area contributed by atoms with Gasteiger partial charge in [0.25, 0.3) is 0 Å². The molecule has 1 unspecified atom stereocenters. The van der Waals surface area contributed by atoms with Gasteiger partial charge in [-0.1, -0.05) is 0 Å². The van der Waals surface area contributed by atoms with Gasteiger partial charge in [-0.25, -0.2) is 4.79 Å². The molecule has 3 heterocycles. The summed E-state index contributed by atoms with van der Waals surface area (Å²) >= 11 is 0. The quantitative estimate of drug-likeness (QED) is 0.736. The molecule has 1 aromatic rings. The second-order valence-corrected chi connectivity index (χ2v) is 9.59. The van der Waals surface area contributed by atoms with Crippen molar-refractivity contribution in [3.05, 3.63) is 17.9 Å². The van der Waals surface area contributed by atoms with E-state index in [4.69, 9.17) is 18.5 Å². The lowest BCUT2D eigenvalue weighted by Crippen LogP contribution is -2.42. The summed E-state index contributed by atoms with van der Waals surface area (Å²) in [5.74, 6) is 1.02. The first-order valence-corrected chi connectivity index (χ1v) is 9.81. The second-order valence-electron chi connectivity index (χ2n) is 9.59. The summed E-state index contributed by atoms with van der Waals surface area (Å²) < 4.78 is 23.7. The molecular weight excluding hydrogens is 345 g/mol. The van der Waals surface area contributed by atoms with Crippen LogP contribution in [0.25, 0.3) is 0 Å². The number of ether oxygens (including phenoxy) is 1. The van der Waals surface area contributed by atoms with Crippen molar-refractivity contribution in [1.29, 1.82) is 0 Å². The van der Waals surface area contributed by atoms with Crippen molar-refractivity contribution in [2.75, 3.05) is 13.1 Å². The topological polar surface area (TPSA) is 61.1 Å². The van der Waals surface area contributed by atoms with E-state index in [2.05, 4.69) is 0 Å². The van der Waals surface area contributed by atoms with E-state index in [1.807, 2.05) is 60.6 Å². The van der Waals surface area contributed by atoms with Crippen LogP contribution in [0.4, 0.5) is 4.79 Å². The minimum Gasteiger partial charge on any atom is -0.469 e. The number of amides is 1. The van der Waals surface area contributed by atoms with Gasteiger partial charge in [0.15, 0.2) is 0 Å². The van der Waals surface area contributed by atoms with Gasteiger partial charge in [-0.2, -0.15) is 0 Å². The summed E-state index contributed by atoms with van der Waals surface area (Å²) in [4.78, 5) is 14.2. The van der Waals surface area contributed by atoms with Gasteiger partial charge in [-0.3, -0.25) is 0 Å². The van der Waals surface area contributed by atoms with Crippen LogP contribution in [0.5, 0.6) is 0 Å². The third kappa shape index (κ3) is 4.35. The van der Waals surface area contributed by atoms with Gasteiger partial charge in [0, 0.05) is 19.0 Å². The number of furan rings is 1. The van der Waals surface area contributed by atoms with Crippen LogP contribution < -0.4 is 5.66 Å². The van der Waals surface area contributed by atoms with E-state index in [0.717, 1.165) is 25.1 Å². The van der Waals surface area contributed by atoms with Gasteiger partial charge in [-0.05, 0) is 73.4 Å². The maximum atomic E-state index is 12.4. The zero-order chi connectivity index (χ0) is 20.0. The highest BCUT2D eigenvalue weighted by Gasteiger charge is 2.53. The normalized spacial score (nSPS) is 24.9. The number of hydrogen-bond acceptors (Lipinski definition) is 5. The molecule has 2 fully saturated rings. The summed E-state index contributed by atoms with van der Waals surface area (Å²) in [6.07, 6.45) is 1.65. The van der Waals surface area contributed by atoms with Crippen LogP contribution >= 0.6 is 0 Å². The average molecular weight is 377 g/mol. The fourth-order valence-corrected chi connectivity index (χ4v) is 3.38. The zero-order valence-corrected chi connectivity index (χ0v) is 17.6. The Kier molecular flexibility index (Phi) is 5.14. The maximum absolute atomic E-state index is 12.4. The van der Waals surface area contributed by atoms with Crippen LogP contribution in [0.2, 0.25) is 0 Å². The van der Waals surface area contributed by atoms with Crippen LogP contribution in [0.1, 0.15) is 73.0 Å². The van der Waals surface area contributed by atoms with Crippen molar-refractivity contribution in [3.8, 4) is 0 Å². The third-order valence-electron chi connectivity index (χ3n) is 5.61. The van der Waals surface area contributed by atoms with Gasteiger partial charge < -0.3 is 23.4 Å². The Hall–Kier alpha value is -1.47. The third-order valence-corrected chi connectivity index (χ3v) is 5.61. The molecule has 150 valence electrons. The molecule has 0 spiro atoms. The lowest BCUT2D eigenvalue weighted by Gasteiger charge is -2.33. The van der Waals surface area contributed by atoms with Crippen LogP contribution in [-0.4, -0.2) is 48.0 Å². The molecule has 2 aliphatic rings. The Bertz CT molecular complexity index is 675. The minimum absolute atomic E-state index is 0.155. The fourth-order valence-electron chi connectivity index (χ4n) is 3.38. The fraction of sp³-hybridized carbons (Fsp3) is 0.750. The van der Waals surface area contributed by atoms with Crippen LogP contribution in [0, 0.1) is 0 Å².